The van der Waals surface area contributed by atoms with Crippen molar-refractivity contribution in [3.63, 3.8) is 0 Å². The topological polar surface area (TPSA) is 373 Å². The molecule has 0 aromatic heterocycles. The van der Waals surface area contributed by atoms with Gasteiger partial charge in [-0.25, -0.2) is 4.79 Å². The normalized spacial score (nSPS) is 26.4. The molecule has 18 unspecified atom stereocenters. The number of carboxylic acids is 1. The first-order valence-corrected chi connectivity index (χ1v) is 41.9. The number of amides is 2. The lowest BCUT2D eigenvalue weighted by Gasteiger charge is -2.50. The molecule has 3 saturated heterocycles. The Hall–Kier alpha value is -3.05. The number of aliphatic carboxylic acids is 1. The first-order valence-electron chi connectivity index (χ1n) is 41.9. The molecule has 18 atom stereocenters. The first-order chi connectivity index (χ1) is 50.9. The van der Waals surface area contributed by atoms with Crippen LogP contribution in [0.15, 0.2) is 36.5 Å². The van der Waals surface area contributed by atoms with Crippen molar-refractivity contribution in [2.24, 2.45) is 0 Å². The molecule has 0 spiro atoms. The Morgan fingerprint density at radius 3 is 1.34 bits per heavy atom. The van der Waals surface area contributed by atoms with E-state index in [0.29, 0.717) is 12.8 Å². The van der Waals surface area contributed by atoms with E-state index in [9.17, 15) is 75.7 Å². The number of hydrogen-bond acceptors (Lipinski definition) is 20. The third-order valence-electron chi connectivity index (χ3n) is 21.1. The highest BCUT2D eigenvalue weighted by Crippen LogP contribution is 2.39. The smallest absolute Gasteiger partial charge is 0.364 e. The molecule has 3 rings (SSSR count). The fourth-order valence-electron chi connectivity index (χ4n) is 14.4. The van der Waals surface area contributed by atoms with Crippen molar-refractivity contribution in [1.29, 1.82) is 0 Å². The molecule has 614 valence electrons. The van der Waals surface area contributed by atoms with Crippen LogP contribution in [0.2, 0.25) is 0 Å². The van der Waals surface area contributed by atoms with E-state index in [-0.39, 0.29) is 12.3 Å². The average Bonchev–Trinajstić information content (AvgIpc) is 0.755. The molecular weight excluding hydrogens is 1350 g/mol. The number of rotatable bonds is 66. The molecule has 0 radical (unpaired) electrons. The van der Waals surface area contributed by atoms with E-state index < -0.39 is 155 Å². The average molecular weight is 1500 g/mol. The number of aliphatic hydroxyl groups is 11. The Balaban J connectivity index is 1.51. The number of carbonyl (C=O) groups excluding carboxylic acids is 2. The van der Waals surface area contributed by atoms with E-state index in [1.807, 2.05) is 6.08 Å². The zero-order chi connectivity index (χ0) is 76.7. The molecule has 0 aromatic rings. The third kappa shape index (κ3) is 40.6. The molecular formula is C82H150N2O21. The van der Waals surface area contributed by atoms with Crippen molar-refractivity contribution in [3.8, 4) is 0 Å². The Bertz CT molecular complexity index is 2230. The lowest BCUT2D eigenvalue weighted by molar-refractivity contribution is -0.386. The van der Waals surface area contributed by atoms with Crippen LogP contribution in [0.4, 0.5) is 0 Å². The molecule has 3 aliphatic rings. The summed E-state index contributed by atoms with van der Waals surface area (Å²) < 4.78 is 34.9. The maximum absolute atomic E-state index is 13.6. The third-order valence-corrected chi connectivity index (χ3v) is 21.1. The molecule has 3 fully saturated rings. The van der Waals surface area contributed by atoms with Gasteiger partial charge in [-0.15, -0.1) is 0 Å². The largest absolute Gasteiger partial charge is 0.477 e. The molecule has 0 aliphatic carbocycles. The lowest BCUT2D eigenvalue weighted by Crippen LogP contribution is -2.70. The van der Waals surface area contributed by atoms with Gasteiger partial charge in [0, 0.05) is 19.8 Å². The Morgan fingerprint density at radius 2 is 0.924 bits per heavy atom. The number of hydrogen-bond donors (Lipinski definition) is 14. The van der Waals surface area contributed by atoms with Crippen LogP contribution in [0.1, 0.15) is 329 Å². The summed E-state index contributed by atoms with van der Waals surface area (Å²) in [5.41, 5.74) is 0. The second-order valence-electron chi connectivity index (χ2n) is 30.3. The molecule has 105 heavy (non-hydrogen) atoms. The van der Waals surface area contributed by atoms with Gasteiger partial charge in [-0.2, -0.15) is 0 Å². The highest BCUT2D eigenvalue weighted by Gasteiger charge is 2.60. The van der Waals surface area contributed by atoms with Crippen LogP contribution in [-0.2, 0) is 42.8 Å². The van der Waals surface area contributed by atoms with Crippen LogP contribution in [0.3, 0.4) is 0 Å². The summed E-state index contributed by atoms with van der Waals surface area (Å²) in [7, 11) is 0. The number of unbranched alkanes of at least 4 members (excludes halogenated alkanes) is 42. The van der Waals surface area contributed by atoms with E-state index in [2.05, 4.69) is 48.8 Å². The van der Waals surface area contributed by atoms with Crippen LogP contribution in [0.5, 0.6) is 0 Å². The maximum atomic E-state index is 13.6. The molecule has 23 nitrogen and oxygen atoms in total. The molecule has 14 N–H and O–H groups in total. The Kier molecular flexibility index (Phi) is 55.5. The summed E-state index contributed by atoms with van der Waals surface area (Å²) in [4.78, 5) is 38.7. The number of carbonyl (C=O) groups is 3. The summed E-state index contributed by atoms with van der Waals surface area (Å²) in [5, 5.41) is 137. The highest BCUT2D eigenvalue weighted by molar-refractivity contribution is 5.77. The fraction of sp³-hybridized carbons (Fsp3) is 0.890. The van der Waals surface area contributed by atoms with Crippen LogP contribution in [0.25, 0.3) is 0 Å². The minimum Gasteiger partial charge on any atom is -0.477 e. The van der Waals surface area contributed by atoms with Crippen molar-refractivity contribution in [3.05, 3.63) is 36.5 Å². The van der Waals surface area contributed by atoms with Crippen molar-refractivity contribution in [2.45, 2.75) is 439 Å². The van der Waals surface area contributed by atoms with Gasteiger partial charge in [0.2, 0.25) is 11.8 Å². The monoisotopic (exact) mass is 1500 g/mol. The van der Waals surface area contributed by atoms with Gasteiger partial charge in [-0.05, 0) is 51.4 Å². The number of allylic oxidation sites excluding steroid dienone is 5. The Labute approximate surface area is 631 Å². The lowest BCUT2D eigenvalue weighted by atomic mass is 9.88. The van der Waals surface area contributed by atoms with Gasteiger partial charge in [0.15, 0.2) is 12.6 Å². The first kappa shape index (κ1) is 96.2. The van der Waals surface area contributed by atoms with E-state index in [4.69, 9.17) is 28.4 Å². The second-order valence-corrected chi connectivity index (χ2v) is 30.3. The van der Waals surface area contributed by atoms with E-state index in [0.717, 1.165) is 64.7 Å². The number of nitrogens with one attached hydrogen (secondary N) is 2. The van der Waals surface area contributed by atoms with Gasteiger partial charge in [0.1, 0.15) is 67.1 Å². The molecule has 0 bridgehead atoms. The molecule has 0 aromatic carbocycles. The second kappa shape index (κ2) is 60.6. The van der Waals surface area contributed by atoms with Crippen molar-refractivity contribution in [2.75, 3.05) is 26.4 Å². The minimum absolute atomic E-state index is 0.198. The van der Waals surface area contributed by atoms with Crippen molar-refractivity contribution in [1.82, 2.24) is 10.6 Å². The molecule has 3 heterocycles. The summed E-state index contributed by atoms with van der Waals surface area (Å²) in [6.07, 6.45) is 40.3. The van der Waals surface area contributed by atoms with E-state index >= 15 is 0 Å². The zero-order valence-corrected chi connectivity index (χ0v) is 65.1. The number of aliphatic hydroxyl groups excluding tert-OH is 11. The standard InChI is InChI=1S/C82H150N2O21/c1-4-6-8-10-12-14-16-18-20-22-24-26-28-30-31-32-34-36-38-40-42-44-46-48-50-52-54-56-69(92)84-63(64(89)55-53-51-49-47-45-43-41-39-37-35-33-29-27-25-23-21-19-17-15-13-11-9-7-5-2)61-100-79-74(96)73(95)76(68(60-87)102-79)103-80-75(97)78(72(94)67(59-86)101-80)105-82(81(98)99)57-65(90)70(83-62(3)88)77(104-82)71(93)66(91)58-85/h24,26,30-31,53,55,63-68,70-80,85-87,89-91,93-97H,4-23,25,27-29,32-52,54,56-61H2,1-3H3,(H,83,88)(H,84,92)(H,98,99)/b26-24-,31-30-,55-53+. The van der Waals surface area contributed by atoms with Crippen LogP contribution >= 0.6 is 0 Å². The summed E-state index contributed by atoms with van der Waals surface area (Å²) in [5.74, 6) is -6.14. The highest BCUT2D eigenvalue weighted by atomic mass is 16.8. The van der Waals surface area contributed by atoms with Gasteiger partial charge in [0.25, 0.3) is 5.79 Å². The predicted octanol–water partition coefficient (Wildman–Crippen LogP) is 11.7. The van der Waals surface area contributed by atoms with Crippen molar-refractivity contribution < 1.29 is 104 Å². The molecule has 0 saturated carbocycles. The molecule has 3 aliphatic heterocycles. The van der Waals surface area contributed by atoms with E-state index in [1.54, 1.807) is 6.08 Å². The number of ether oxygens (including phenoxy) is 6. The van der Waals surface area contributed by atoms with Gasteiger partial charge in [-0.1, -0.05) is 294 Å². The summed E-state index contributed by atoms with van der Waals surface area (Å²) >= 11 is 0. The minimum atomic E-state index is -3.08. The SMILES string of the molecule is CCCCCCCCCCC/C=C\C/C=C\CCCCCCCCCCCCCC(=O)NC(COC1OC(CO)C(OC2OC(CO)C(O)C(OC3(C(=O)O)CC(O)C(NC(C)=O)C(C(O)C(O)CO)O3)C2O)C(O)C1O)C(O)/C=C/CCCCCCCCCCCCCCCCCCCCCCCC. The van der Waals surface area contributed by atoms with Crippen LogP contribution < -0.4 is 10.6 Å². The predicted molar refractivity (Wildman–Crippen MR) is 407 cm³/mol. The number of carboxylic acid groups (broad SMARTS) is 1. The van der Waals surface area contributed by atoms with E-state index in [1.165, 1.54) is 225 Å². The van der Waals surface area contributed by atoms with Gasteiger partial charge in [0.05, 0.1) is 50.7 Å². The maximum Gasteiger partial charge on any atom is 0.364 e. The van der Waals surface area contributed by atoms with Gasteiger partial charge in [-0.3, -0.25) is 9.59 Å². The summed E-state index contributed by atoms with van der Waals surface area (Å²) in [6, 6.07) is -2.62. The van der Waals surface area contributed by atoms with Gasteiger partial charge >= 0.3 is 5.97 Å². The zero-order valence-electron chi connectivity index (χ0n) is 65.1. The van der Waals surface area contributed by atoms with Crippen molar-refractivity contribution >= 4 is 17.8 Å². The van der Waals surface area contributed by atoms with Crippen LogP contribution in [0, 0.1) is 0 Å². The molecule has 23 heteroatoms. The Morgan fingerprint density at radius 1 is 0.505 bits per heavy atom. The fourth-order valence-corrected chi connectivity index (χ4v) is 14.4. The molecule has 2 amide bonds. The summed E-state index contributed by atoms with van der Waals surface area (Å²) in [6.45, 7) is 2.19. The quantitative estimate of drug-likeness (QED) is 0.0199. The van der Waals surface area contributed by atoms with Gasteiger partial charge < -0.3 is 100 Å². The van der Waals surface area contributed by atoms with Crippen LogP contribution in [-0.4, -0.2) is 215 Å².